The SMILES string of the molecule is CCNc1ncc(C(=O)N2CCCC2C(C)C)cc1Cl. The lowest BCUT2D eigenvalue weighted by atomic mass is 10.0. The van der Waals surface area contributed by atoms with Crippen molar-refractivity contribution in [1.82, 2.24) is 9.88 Å². The molecule has 1 unspecified atom stereocenters. The Labute approximate surface area is 125 Å². The number of hydrogen-bond acceptors (Lipinski definition) is 3. The Bertz CT molecular complexity index is 490. The second-order valence-corrected chi connectivity index (χ2v) is 5.94. The van der Waals surface area contributed by atoms with Gasteiger partial charge in [-0.1, -0.05) is 25.4 Å². The predicted octanol–water partition coefficient (Wildman–Crippen LogP) is 3.43. The summed E-state index contributed by atoms with van der Waals surface area (Å²) in [6.07, 6.45) is 3.77. The van der Waals surface area contributed by atoms with Crippen LogP contribution in [0.1, 0.15) is 44.0 Å². The van der Waals surface area contributed by atoms with E-state index >= 15 is 0 Å². The molecule has 0 bridgehead atoms. The summed E-state index contributed by atoms with van der Waals surface area (Å²) >= 11 is 6.16. The number of anilines is 1. The lowest BCUT2D eigenvalue weighted by molar-refractivity contribution is 0.0701. The first-order valence-corrected chi connectivity index (χ1v) is 7.62. The van der Waals surface area contributed by atoms with Crippen molar-refractivity contribution in [3.05, 3.63) is 22.8 Å². The number of aromatic nitrogens is 1. The second kappa shape index (κ2) is 6.44. The average molecular weight is 296 g/mol. The number of rotatable bonds is 4. The number of nitrogens with one attached hydrogen (secondary N) is 1. The summed E-state index contributed by atoms with van der Waals surface area (Å²) < 4.78 is 0. The van der Waals surface area contributed by atoms with Crippen LogP contribution < -0.4 is 5.32 Å². The van der Waals surface area contributed by atoms with Crippen LogP contribution in [0, 0.1) is 5.92 Å². The Kier molecular flexibility index (Phi) is 4.86. The molecule has 2 heterocycles. The smallest absolute Gasteiger partial charge is 0.255 e. The third-order valence-corrected chi connectivity index (χ3v) is 4.05. The lowest BCUT2D eigenvalue weighted by Crippen LogP contribution is -2.38. The van der Waals surface area contributed by atoms with E-state index in [1.54, 1.807) is 12.3 Å². The number of carbonyl (C=O) groups is 1. The number of carbonyl (C=O) groups excluding carboxylic acids is 1. The molecule has 1 fully saturated rings. The minimum atomic E-state index is 0.0404. The van der Waals surface area contributed by atoms with E-state index in [0.29, 0.717) is 28.4 Å². The Morgan fingerprint density at radius 1 is 1.60 bits per heavy atom. The lowest BCUT2D eigenvalue weighted by Gasteiger charge is -2.27. The molecule has 1 N–H and O–H groups in total. The van der Waals surface area contributed by atoms with E-state index in [1.807, 2.05) is 11.8 Å². The zero-order valence-electron chi connectivity index (χ0n) is 12.3. The number of nitrogens with zero attached hydrogens (tertiary/aromatic N) is 2. The molecule has 1 aromatic heterocycles. The van der Waals surface area contributed by atoms with Crippen molar-refractivity contribution in [1.29, 1.82) is 0 Å². The molecular weight excluding hydrogens is 274 g/mol. The first kappa shape index (κ1) is 15.1. The van der Waals surface area contributed by atoms with E-state index in [0.717, 1.165) is 25.9 Å². The molecule has 5 heteroatoms. The molecule has 1 atom stereocenters. The molecule has 1 amide bonds. The molecule has 4 nitrogen and oxygen atoms in total. The van der Waals surface area contributed by atoms with Crippen LogP contribution in [-0.2, 0) is 0 Å². The molecule has 110 valence electrons. The Hall–Kier alpha value is -1.29. The second-order valence-electron chi connectivity index (χ2n) is 5.54. The van der Waals surface area contributed by atoms with E-state index in [1.165, 1.54) is 0 Å². The first-order valence-electron chi connectivity index (χ1n) is 7.25. The van der Waals surface area contributed by atoms with Gasteiger partial charge in [0, 0.05) is 25.3 Å². The highest BCUT2D eigenvalue weighted by molar-refractivity contribution is 6.33. The normalized spacial score (nSPS) is 18.6. The highest BCUT2D eigenvalue weighted by Crippen LogP contribution is 2.27. The van der Waals surface area contributed by atoms with Crippen LogP contribution in [-0.4, -0.2) is 34.9 Å². The monoisotopic (exact) mass is 295 g/mol. The fourth-order valence-electron chi connectivity index (χ4n) is 2.76. The van der Waals surface area contributed by atoms with E-state index in [2.05, 4.69) is 24.1 Å². The van der Waals surface area contributed by atoms with E-state index in [4.69, 9.17) is 11.6 Å². The fourth-order valence-corrected chi connectivity index (χ4v) is 2.99. The highest BCUT2D eigenvalue weighted by Gasteiger charge is 2.31. The zero-order chi connectivity index (χ0) is 14.7. The molecule has 0 aliphatic carbocycles. The van der Waals surface area contributed by atoms with Crippen molar-refractivity contribution in [2.75, 3.05) is 18.4 Å². The maximum absolute atomic E-state index is 12.6. The van der Waals surface area contributed by atoms with Crippen molar-refractivity contribution in [3.63, 3.8) is 0 Å². The average Bonchev–Trinajstić information content (AvgIpc) is 2.90. The van der Waals surface area contributed by atoms with Gasteiger partial charge in [-0.15, -0.1) is 0 Å². The van der Waals surface area contributed by atoms with Gasteiger partial charge in [0.25, 0.3) is 5.91 Å². The van der Waals surface area contributed by atoms with Gasteiger partial charge < -0.3 is 10.2 Å². The predicted molar refractivity (Wildman–Crippen MR) is 82.3 cm³/mol. The summed E-state index contributed by atoms with van der Waals surface area (Å²) in [4.78, 5) is 18.8. The largest absolute Gasteiger partial charge is 0.369 e. The Morgan fingerprint density at radius 2 is 2.35 bits per heavy atom. The van der Waals surface area contributed by atoms with Gasteiger partial charge >= 0.3 is 0 Å². The van der Waals surface area contributed by atoms with Gasteiger partial charge in [0.2, 0.25) is 0 Å². The Morgan fingerprint density at radius 3 is 2.95 bits per heavy atom. The molecule has 0 spiro atoms. The van der Waals surface area contributed by atoms with Crippen LogP contribution in [0.25, 0.3) is 0 Å². The molecule has 1 aromatic rings. The van der Waals surface area contributed by atoms with Crippen LogP contribution >= 0.6 is 11.6 Å². The standard InChI is InChI=1S/C15H22ClN3O/c1-4-17-14-12(16)8-11(9-18-14)15(20)19-7-5-6-13(19)10(2)3/h8-10,13H,4-7H2,1-3H3,(H,17,18). The van der Waals surface area contributed by atoms with E-state index in [-0.39, 0.29) is 5.91 Å². The maximum atomic E-state index is 12.6. The van der Waals surface area contributed by atoms with Gasteiger partial charge in [0.05, 0.1) is 10.6 Å². The number of halogens is 1. The van der Waals surface area contributed by atoms with E-state index < -0.39 is 0 Å². The van der Waals surface area contributed by atoms with Crippen LogP contribution in [0.5, 0.6) is 0 Å². The van der Waals surface area contributed by atoms with E-state index in [9.17, 15) is 4.79 Å². The molecule has 0 aromatic carbocycles. The van der Waals surface area contributed by atoms with Crippen LogP contribution in [0.2, 0.25) is 5.02 Å². The maximum Gasteiger partial charge on any atom is 0.255 e. The summed E-state index contributed by atoms with van der Waals surface area (Å²) in [7, 11) is 0. The molecular formula is C15H22ClN3O. The minimum absolute atomic E-state index is 0.0404. The first-order chi connectivity index (χ1) is 9.54. The summed E-state index contributed by atoms with van der Waals surface area (Å²) in [5.74, 6) is 1.15. The van der Waals surface area contributed by atoms with Crippen molar-refractivity contribution in [2.45, 2.75) is 39.7 Å². The molecule has 1 saturated heterocycles. The van der Waals surface area contributed by atoms with Crippen molar-refractivity contribution < 1.29 is 4.79 Å². The van der Waals surface area contributed by atoms with Gasteiger partial charge in [0.15, 0.2) is 0 Å². The molecule has 0 radical (unpaired) electrons. The molecule has 0 saturated carbocycles. The topological polar surface area (TPSA) is 45.2 Å². The van der Waals surface area contributed by atoms with Crippen LogP contribution in [0.15, 0.2) is 12.3 Å². The Balaban J connectivity index is 2.19. The third-order valence-electron chi connectivity index (χ3n) is 3.76. The van der Waals surface area contributed by atoms with Gasteiger partial charge in [-0.2, -0.15) is 0 Å². The minimum Gasteiger partial charge on any atom is -0.369 e. The van der Waals surface area contributed by atoms with Gasteiger partial charge in [0.1, 0.15) is 5.82 Å². The number of amides is 1. The quantitative estimate of drug-likeness (QED) is 0.925. The van der Waals surface area contributed by atoms with Crippen molar-refractivity contribution in [2.24, 2.45) is 5.92 Å². The van der Waals surface area contributed by atoms with Gasteiger partial charge in [-0.3, -0.25) is 4.79 Å². The zero-order valence-corrected chi connectivity index (χ0v) is 13.1. The van der Waals surface area contributed by atoms with Crippen molar-refractivity contribution >= 4 is 23.3 Å². The molecule has 20 heavy (non-hydrogen) atoms. The van der Waals surface area contributed by atoms with Gasteiger partial charge in [-0.25, -0.2) is 4.98 Å². The summed E-state index contributed by atoms with van der Waals surface area (Å²) in [6.45, 7) is 7.88. The van der Waals surface area contributed by atoms with Crippen LogP contribution in [0.3, 0.4) is 0 Å². The number of likely N-dealkylation sites (tertiary alicyclic amines) is 1. The highest BCUT2D eigenvalue weighted by atomic mass is 35.5. The molecule has 2 rings (SSSR count). The number of hydrogen-bond donors (Lipinski definition) is 1. The summed E-state index contributed by atoms with van der Waals surface area (Å²) in [6, 6.07) is 2.04. The summed E-state index contributed by atoms with van der Waals surface area (Å²) in [5.41, 5.74) is 0.573. The van der Waals surface area contributed by atoms with Crippen molar-refractivity contribution in [3.8, 4) is 0 Å². The third kappa shape index (κ3) is 3.06. The number of pyridine rings is 1. The van der Waals surface area contributed by atoms with Crippen LogP contribution in [0.4, 0.5) is 5.82 Å². The fraction of sp³-hybridized carbons (Fsp3) is 0.600. The molecule has 1 aliphatic rings. The van der Waals surface area contributed by atoms with Gasteiger partial charge in [-0.05, 0) is 31.7 Å². The summed E-state index contributed by atoms with van der Waals surface area (Å²) in [5, 5.41) is 3.57. The molecule has 1 aliphatic heterocycles.